The predicted molar refractivity (Wildman–Crippen MR) is 69.8 cm³/mol. The van der Waals surface area contributed by atoms with Crippen LogP contribution in [-0.2, 0) is 4.74 Å². The van der Waals surface area contributed by atoms with Gasteiger partial charge in [-0.15, -0.1) is 0 Å². The van der Waals surface area contributed by atoms with Gasteiger partial charge in [0.2, 0.25) is 0 Å². The van der Waals surface area contributed by atoms with Gasteiger partial charge in [-0.05, 0) is 41.4 Å². The number of hydrogen-bond donors (Lipinski definition) is 0. The van der Waals surface area contributed by atoms with Crippen LogP contribution in [0.15, 0.2) is 18.2 Å². The van der Waals surface area contributed by atoms with Crippen LogP contribution in [0.1, 0.15) is 20.7 Å². The Morgan fingerprint density at radius 1 is 1.11 bits per heavy atom. The summed E-state index contributed by atoms with van der Waals surface area (Å²) in [6.45, 7) is 2.46. The Kier molecular flexibility index (Phi) is 4.22. The number of benzene rings is 1. The summed E-state index contributed by atoms with van der Waals surface area (Å²) < 4.78 is 5.25. The van der Waals surface area contributed by atoms with E-state index in [2.05, 4.69) is 0 Å². The third-order valence-corrected chi connectivity index (χ3v) is 3.21. The second kappa shape index (κ2) is 5.69. The van der Waals surface area contributed by atoms with Gasteiger partial charge in [-0.25, -0.2) is 0 Å². The van der Waals surface area contributed by atoms with E-state index in [1.807, 2.05) is 4.90 Å². The standard InChI is InChI=1S/C12H11Cl2NO3/c13-11(16)8-1-2-9(12(14)17)10(7-8)15-3-5-18-6-4-15/h1-2,7H,3-6H2. The van der Waals surface area contributed by atoms with Crippen molar-refractivity contribution in [3.8, 4) is 0 Å². The number of nitrogens with zero attached hydrogens (tertiary/aromatic N) is 1. The second-order valence-electron chi connectivity index (χ2n) is 3.88. The van der Waals surface area contributed by atoms with Crippen LogP contribution in [0.4, 0.5) is 5.69 Å². The number of hydrogen-bond acceptors (Lipinski definition) is 4. The number of morpholine rings is 1. The van der Waals surface area contributed by atoms with Crippen molar-refractivity contribution in [2.75, 3.05) is 31.2 Å². The molecule has 1 fully saturated rings. The van der Waals surface area contributed by atoms with Crippen LogP contribution in [0.3, 0.4) is 0 Å². The van der Waals surface area contributed by atoms with E-state index in [-0.39, 0.29) is 0 Å². The minimum absolute atomic E-state index is 0.347. The van der Waals surface area contributed by atoms with Crippen molar-refractivity contribution in [2.45, 2.75) is 0 Å². The Morgan fingerprint density at radius 2 is 1.78 bits per heavy atom. The molecule has 1 aromatic rings. The van der Waals surface area contributed by atoms with Crippen LogP contribution < -0.4 is 4.90 Å². The summed E-state index contributed by atoms with van der Waals surface area (Å²) in [6, 6.07) is 4.61. The molecule has 0 radical (unpaired) electrons. The molecular weight excluding hydrogens is 277 g/mol. The summed E-state index contributed by atoms with van der Waals surface area (Å²) in [5.74, 6) is 0. The second-order valence-corrected chi connectivity index (χ2v) is 4.57. The summed E-state index contributed by atoms with van der Waals surface area (Å²) in [5.41, 5.74) is 1.35. The van der Waals surface area contributed by atoms with Crippen molar-refractivity contribution >= 4 is 39.4 Å². The molecule has 0 bridgehead atoms. The fraction of sp³-hybridized carbons (Fsp3) is 0.333. The summed E-state index contributed by atoms with van der Waals surface area (Å²) in [4.78, 5) is 24.5. The Hall–Kier alpha value is -1.10. The molecule has 96 valence electrons. The zero-order chi connectivity index (χ0) is 13.1. The highest BCUT2D eigenvalue weighted by Crippen LogP contribution is 2.25. The lowest BCUT2D eigenvalue weighted by Crippen LogP contribution is -2.37. The van der Waals surface area contributed by atoms with E-state index < -0.39 is 10.5 Å². The SMILES string of the molecule is O=C(Cl)c1ccc(C(=O)Cl)c(N2CCOCC2)c1. The summed E-state index contributed by atoms with van der Waals surface area (Å²) in [6.07, 6.45) is 0. The molecule has 0 atom stereocenters. The van der Waals surface area contributed by atoms with Gasteiger partial charge in [-0.1, -0.05) is 0 Å². The van der Waals surface area contributed by atoms with Crippen LogP contribution in [0, 0.1) is 0 Å². The highest BCUT2D eigenvalue weighted by atomic mass is 35.5. The maximum absolute atomic E-state index is 11.4. The Bertz CT molecular complexity index is 484. The topological polar surface area (TPSA) is 46.6 Å². The van der Waals surface area contributed by atoms with Crippen molar-refractivity contribution in [2.24, 2.45) is 0 Å². The zero-order valence-corrected chi connectivity index (χ0v) is 11.0. The Labute approximate surface area is 114 Å². The first kappa shape index (κ1) is 13.3. The molecule has 6 heteroatoms. The van der Waals surface area contributed by atoms with Crippen LogP contribution in [0.2, 0.25) is 0 Å². The number of ether oxygens (including phenoxy) is 1. The molecule has 0 aliphatic carbocycles. The maximum Gasteiger partial charge on any atom is 0.254 e. The summed E-state index contributed by atoms with van der Waals surface area (Å²) >= 11 is 11.0. The van der Waals surface area contributed by atoms with Crippen molar-refractivity contribution in [3.63, 3.8) is 0 Å². The Balaban J connectivity index is 2.42. The van der Waals surface area contributed by atoms with Crippen LogP contribution in [-0.4, -0.2) is 36.8 Å². The van der Waals surface area contributed by atoms with E-state index in [1.165, 1.54) is 12.1 Å². The van der Waals surface area contributed by atoms with E-state index >= 15 is 0 Å². The molecular formula is C12H11Cl2NO3. The fourth-order valence-corrected chi connectivity index (χ4v) is 2.16. The molecule has 1 saturated heterocycles. The predicted octanol–water partition coefficient (Wildman–Crippen LogP) is 2.28. The average Bonchev–Trinajstić information content (AvgIpc) is 2.39. The molecule has 0 spiro atoms. The van der Waals surface area contributed by atoms with E-state index in [1.54, 1.807) is 6.07 Å². The molecule has 0 aromatic heterocycles. The summed E-state index contributed by atoms with van der Waals surface area (Å²) in [5, 5.41) is -1.11. The van der Waals surface area contributed by atoms with Gasteiger partial charge < -0.3 is 9.64 Å². The number of halogens is 2. The van der Waals surface area contributed by atoms with E-state index in [9.17, 15) is 9.59 Å². The summed E-state index contributed by atoms with van der Waals surface area (Å²) in [7, 11) is 0. The van der Waals surface area contributed by atoms with Gasteiger partial charge in [0, 0.05) is 24.3 Å². The molecule has 2 rings (SSSR count). The van der Waals surface area contributed by atoms with E-state index in [0.29, 0.717) is 43.1 Å². The van der Waals surface area contributed by atoms with Gasteiger partial charge in [0.05, 0.1) is 18.8 Å². The highest BCUT2D eigenvalue weighted by molar-refractivity contribution is 6.69. The van der Waals surface area contributed by atoms with Gasteiger partial charge in [0.15, 0.2) is 0 Å². The lowest BCUT2D eigenvalue weighted by molar-refractivity contribution is 0.106. The molecule has 0 N–H and O–H groups in total. The van der Waals surface area contributed by atoms with Crippen molar-refractivity contribution in [1.29, 1.82) is 0 Å². The third-order valence-electron chi connectivity index (χ3n) is 2.79. The molecule has 0 amide bonds. The molecule has 0 saturated carbocycles. The number of rotatable bonds is 3. The van der Waals surface area contributed by atoms with E-state index in [0.717, 1.165) is 0 Å². The van der Waals surface area contributed by atoms with Crippen LogP contribution in [0.5, 0.6) is 0 Å². The Morgan fingerprint density at radius 3 is 2.33 bits per heavy atom. The molecule has 1 heterocycles. The molecule has 1 aliphatic rings. The van der Waals surface area contributed by atoms with E-state index in [4.69, 9.17) is 27.9 Å². The first-order valence-electron chi connectivity index (χ1n) is 5.46. The lowest BCUT2D eigenvalue weighted by atomic mass is 10.1. The number of anilines is 1. The van der Waals surface area contributed by atoms with Crippen molar-refractivity contribution < 1.29 is 14.3 Å². The fourth-order valence-electron chi connectivity index (χ4n) is 1.89. The third kappa shape index (κ3) is 2.83. The van der Waals surface area contributed by atoms with Gasteiger partial charge in [-0.3, -0.25) is 9.59 Å². The molecule has 4 nitrogen and oxygen atoms in total. The van der Waals surface area contributed by atoms with Crippen LogP contribution >= 0.6 is 23.2 Å². The minimum Gasteiger partial charge on any atom is -0.378 e. The average molecular weight is 288 g/mol. The maximum atomic E-state index is 11.4. The largest absolute Gasteiger partial charge is 0.378 e. The van der Waals surface area contributed by atoms with Crippen molar-refractivity contribution in [3.05, 3.63) is 29.3 Å². The molecule has 0 unspecified atom stereocenters. The zero-order valence-electron chi connectivity index (χ0n) is 9.49. The van der Waals surface area contributed by atoms with Crippen molar-refractivity contribution in [1.82, 2.24) is 0 Å². The number of carbonyl (C=O) groups is 2. The normalized spacial score (nSPS) is 15.6. The number of carbonyl (C=O) groups excluding carboxylic acids is 2. The van der Waals surface area contributed by atoms with Gasteiger partial charge >= 0.3 is 0 Å². The first-order chi connectivity index (χ1) is 8.59. The van der Waals surface area contributed by atoms with Gasteiger partial charge in [-0.2, -0.15) is 0 Å². The highest BCUT2D eigenvalue weighted by Gasteiger charge is 2.19. The first-order valence-corrected chi connectivity index (χ1v) is 6.21. The molecule has 18 heavy (non-hydrogen) atoms. The lowest BCUT2D eigenvalue weighted by Gasteiger charge is -2.30. The minimum atomic E-state index is -0.557. The van der Waals surface area contributed by atoms with Gasteiger partial charge in [0.25, 0.3) is 10.5 Å². The molecule has 1 aliphatic heterocycles. The smallest absolute Gasteiger partial charge is 0.254 e. The monoisotopic (exact) mass is 287 g/mol. The molecule has 1 aromatic carbocycles. The van der Waals surface area contributed by atoms with Crippen LogP contribution in [0.25, 0.3) is 0 Å². The van der Waals surface area contributed by atoms with Gasteiger partial charge in [0.1, 0.15) is 0 Å². The quantitative estimate of drug-likeness (QED) is 0.801.